The average Bonchev–Trinajstić information content (AvgIpc) is 3.31. The van der Waals surface area contributed by atoms with Crippen LogP contribution < -0.4 is 10.1 Å². The molecule has 1 heterocycles. The third-order valence-electron chi connectivity index (χ3n) is 6.95. The third kappa shape index (κ3) is 3.77. The summed E-state index contributed by atoms with van der Waals surface area (Å²) in [5.74, 6) is 0.213. The van der Waals surface area contributed by atoms with Crippen molar-refractivity contribution in [2.45, 2.75) is 63.3 Å². The number of amides is 3. The quantitative estimate of drug-likeness (QED) is 0.747. The summed E-state index contributed by atoms with van der Waals surface area (Å²) >= 11 is 0. The lowest BCUT2D eigenvalue weighted by Crippen LogP contribution is -2.45. The van der Waals surface area contributed by atoms with Gasteiger partial charge in [-0.05, 0) is 43.4 Å². The van der Waals surface area contributed by atoms with E-state index >= 15 is 0 Å². The zero-order valence-corrected chi connectivity index (χ0v) is 17.1. The smallest absolute Gasteiger partial charge is 0.233 e. The van der Waals surface area contributed by atoms with Crippen LogP contribution in [0, 0.1) is 11.8 Å². The summed E-state index contributed by atoms with van der Waals surface area (Å²) in [6, 6.07) is 7.87. The molecule has 156 valence electrons. The minimum absolute atomic E-state index is 0.0733. The molecule has 6 nitrogen and oxygen atoms in total. The van der Waals surface area contributed by atoms with E-state index in [0.29, 0.717) is 0 Å². The van der Waals surface area contributed by atoms with Crippen molar-refractivity contribution in [3.8, 4) is 5.75 Å². The number of methoxy groups -OCH3 is 1. The largest absolute Gasteiger partial charge is 0.497 e. The minimum Gasteiger partial charge on any atom is -0.497 e. The molecule has 2 aliphatic carbocycles. The van der Waals surface area contributed by atoms with Crippen LogP contribution in [-0.4, -0.2) is 36.3 Å². The number of fused-ring (bicyclic) bond motifs is 1. The van der Waals surface area contributed by atoms with Gasteiger partial charge in [-0.25, -0.2) is 0 Å². The maximum absolute atomic E-state index is 12.8. The van der Waals surface area contributed by atoms with Crippen LogP contribution in [0.2, 0.25) is 0 Å². The number of likely N-dealkylation sites (tertiary alicyclic amines) is 1. The molecule has 29 heavy (non-hydrogen) atoms. The Morgan fingerprint density at radius 3 is 2.38 bits per heavy atom. The molecular weight excluding hydrogens is 368 g/mol. The van der Waals surface area contributed by atoms with Gasteiger partial charge in [-0.15, -0.1) is 0 Å². The molecule has 3 aliphatic rings. The van der Waals surface area contributed by atoms with Crippen molar-refractivity contribution < 1.29 is 19.1 Å². The van der Waals surface area contributed by atoms with E-state index in [0.717, 1.165) is 62.7 Å². The molecule has 1 aliphatic heterocycles. The molecular formula is C23H30N2O4. The van der Waals surface area contributed by atoms with Gasteiger partial charge in [0, 0.05) is 13.0 Å². The maximum Gasteiger partial charge on any atom is 0.233 e. The predicted octanol–water partition coefficient (Wildman–Crippen LogP) is 3.15. The van der Waals surface area contributed by atoms with E-state index in [9.17, 15) is 14.4 Å². The molecule has 1 N–H and O–H groups in total. The fourth-order valence-corrected chi connectivity index (χ4v) is 5.38. The minimum atomic E-state index is -0.390. The molecule has 6 heteroatoms. The number of hydrogen-bond donors (Lipinski definition) is 1. The summed E-state index contributed by atoms with van der Waals surface area (Å²) < 4.78 is 5.36. The van der Waals surface area contributed by atoms with Gasteiger partial charge in [-0.1, -0.05) is 37.8 Å². The zero-order chi connectivity index (χ0) is 20.4. The summed E-state index contributed by atoms with van der Waals surface area (Å²) in [6.07, 6.45) is 7.68. The fraction of sp³-hybridized carbons (Fsp3) is 0.609. The topological polar surface area (TPSA) is 75.7 Å². The van der Waals surface area contributed by atoms with Gasteiger partial charge in [0.2, 0.25) is 17.7 Å². The van der Waals surface area contributed by atoms with Crippen molar-refractivity contribution in [2.24, 2.45) is 11.8 Å². The Morgan fingerprint density at radius 2 is 1.76 bits per heavy atom. The Labute approximate surface area is 172 Å². The molecule has 3 amide bonds. The summed E-state index contributed by atoms with van der Waals surface area (Å²) in [4.78, 5) is 39.4. The highest BCUT2D eigenvalue weighted by Gasteiger charge is 2.48. The van der Waals surface area contributed by atoms with Crippen LogP contribution in [0.1, 0.15) is 63.4 Å². The van der Waals surface area contributed by atoms with Crippen molar-refractivity contribution >= 4 is 17.7 Å². The zero-order valence-electron chi connectivity index (χ0n) is 17.1. The second-order valence-electron chi connectivity index (χ2n) is 8.64. The molecule has 0 spiro atoms. The predicted molar refractivity (Wildman–Crippen MR) is 108 cm³/mol. The summed E-state index contributed by atoms with van der Waals surface area (Å²) in [5, 5.41) is 3.23. The van der Waals surface area contributed by atoms with Crippen LogP contribution in [0.25, 0.3) is 0 Å². The standard InChI is InChI=1S/C23H30N2O4/c1-29-17-8-6-7-16(15-17)23(12-4-5-13-23)24-20(26)11-14-25-21(27)18-9-2-3-10-19(18)22(25)28/h6-8,15,18-19H,2-5,9-14H2,1H3,(H,24,26). The van der Waals surface area contributed by atoms with Gasteiger partial charge in [0.15, 0.2) is 0 Å². The van der Waals surface area contributed by atoms with E-state index in [1.54, 1.807) is 7.11 Å². The lowest BCUT2D eigenvalue weighted by atomic mass is 9.81. The molecule has 0 bridgehead atoms. The van der Waals surface area contributed by atoms with E-state index in [-0.39, 0.29) is 42.5 Å². The van der Waals surface area contributed by atoms with Crippen molar-refractivity contribution in [1.29, 1.82) is 0 Å². The molecule has 0 radical (unpaired) electrons. The first kappa shape index (κ1) is 19.9. The number of imide groups is 1. The summed E-state index contributed by atoms with van der Waals surface area (Å²) in [5.41, 5.74) is 0.667. The van der Waals surface area contributed by atoms with Crippen molar-refractivity contribution in [3.05, 3.63) is 29.8 Å². The van der Waals surface area contributed by atoms with E-state index in [1.165, 1.54) is 4.90 Å². The monoisotopic (exact) mass is 398 g/mol. The lowest BCUT2D eigenvalue weighted by molar-refractivity contribution is -0.140. The second kappa shape index (κ2) is 8.17. The maximum atomic E-state index is 12.8. The third-order valence-corrected chi connectivity index (χ3v) is 6.95. The van der Waals surface area contributed by atoms with Crippen LogP contribution in [-0.2, 0) is 19.9 Å². The number of carbonyl (C=O) groups is 3. The molecule has 1 aromatic carbocycles. The van der Waals surface area contributed by atoms with Crippen molar-refractivity contribution in [2.75, 3.05) is 13.7 Å². The molecule has 4 rings (SSSR count). The number of nitrogens with zero attached hydrogens (tertiary/aromatic N) is 1. The van der Waals surface area contributed by atoms with Crippen LogP contribution in [0.4, 0.5) is 0 Å². The van der Waals surface area contributed by atoms with E-state index in [4.69, 9.17) is 4.74 Å². The fourth-order valence-electron chi connectivity index (χ4n) is 5.38. The highest BCUT2D eigenvalue weighted by molar-refractivity contribution is 6.05. The first-order valence-corrected chi connectivity index (χ1v) is 10.8. The normalized spacial score (nSPS) is 25.8. The van der Waals surface area contributed by atoms with Gasteiger partial charge in [-0.2, -0.15) is 0 Å². The Kier molecular flexibility index (Phi) is 5.61. The van der Waals surface area contributed by atoms with Crippen LogP contribution in [0.3, 0.4) is 0 Å². The summed E-state index contributed by atoms with van der Waals surface area (Å²) in [7, 11) is 1.64. The number of ether oxygens (including phenoxy) is 1. The first-order valence-electron chi connectivity index (χ1n) is 10.8. The molecule has 2 unspecified atom stereocenters. The molecule has 0 aromatic heterocycles. The van der Waals surface area contributed by atoms with Crippen LogP contribution in [0.5, 0.6) is 5.75 Å². The Bertz CT molecular complexity index is 776. The highest BCUT2D eigenvalue weighted by atomic mass is 16.5. The Balaban J connectivity index is 1.41. The first-order chi connectivity index (χ1) is 14.0. The number of carbonyl (C=O) groups excluding carboxylic acids is 3. The van der Waals surface area contributed by atoms with E-state index < -0.39 is 5.54 Å². The SMILES string of the molecule is COc1cccc(C2(NC(=O)CCN3C(=O)C4CCCCC4C3=O)CCCC2)c1. The highest BCUT2D eigenvalue weighted by Crippen LogP contribution is 2.40. The van der Waals surface area contributed by atoms with Crippen LogP contribution >= 0.6 is 0 Å². The van der Waals surface area contributed by atoms with E-state index in [2.05, 4.69) is 5.32 Å². The molecule has 1 saturated heterocycles. The second-order valence-corrected chi connectivity index (χ2v) is 8.64. The molecule has 1 aromatic rings. The van der Waals surface area contributed by atoms with Gasteiger partial charge in [0.25, 0.3) is 0 Å². The number of benzene rings is 1. The van der Waals surface area contributed by atoms with Crippen molar-refractivity contribution in [1.82, 2.24) is 10.2 Å². The lowest BCUT2D eigenvalue weighted by Gasteiger charge is -2.31. The molecule has 3 fully saturated rings. The summed E-state index contributed by atoms with van der Waals surface area (Å²) in [6.45, 7) is 0.185. The van der Waals surface area contributed by atoms with Gasteiger partial charge in [0.05, 0.1) is 24.5 Å². The van der Waals surface area contributed by atoms with Crippen molar-refractivity contribution in [3.63, 3.8) is 0 Å². The Morgan fingerprint density at radius 1 is 1.10 bits per heavy atom. The number of hydrogen-bond acceptors (Lipinski definition) is 4. The van der Waals surface area contributed by atoms with Crippen LogP contribution in [0.15, 0.2) is 24.3 Å². The van der Waals surface area contributed by atoms with Gasteiger partial charge in [-0.3, -0.25) is 19.3 Å². The number of nitrogens with one attached hydrogen (secondary N) is 1. The Hall–Kier alpha value is -2.37. The molecule has 2 saturated carbocycles. The van der Waals surface area contributed by atoms with Gasteiger partial charge >= 0.3 is 0 Å². The number of rotatable bonds is 6. The van der Waals surface area contributed by atoms with Gasteiger partial charge in [0.1, 0.15) is 5.75 Å². The average molecular weight is 399 g/mol. The molecule has 2 atom stereocenters. The van der Waals surface area contributed by atoms with E-state index in [1.807, 2.05) is 24.3 Å². The van der Waals surface area contributed by atoms with Gasteiger partial charge < -0.3 is 10.1 Å².